The van der Waals surface area contributed by atoms with Crippen LogP contribution < -0.4 is 16.0 Å². The minimum Gasteiger partial charge on any atom is -0.489 e. The molecule has 25 heavy (non-hydrogen) atoms. The minimum absolute atomic E-state index is 0.259. The molecule has 0 spiro atoms. The molecule has 0 aliphatic heterocycles. The van der Waals surface area contributed by atoms with Gasteiger partial charge >= 0.3 is 0 Å². The SMILES string of the molecule is Cc1cc(N)n(/N=C\c2cccc(OCc3ccccc3)c2)c(=O)c1. The van der Waals surface area contributed by atoms with Crippen molar-refractivity contribution < 1.29 is 4.74 Å². The zero-order chi connectivity index (χ0) is 17.6. The Hall–Kier alpha value is -3.34. The Morgan fingerprint density at radius 3 is 2.64 bits per heavy atom. The minimum atomic E-state index is -0.259. The zero-order valence-corrected chi connectivity index (χ0v) is 13.9. The van der Waals surface area contributed by atoms with Crippen LogP contribution in [0.5, 0.6) is 5.75 Å². The fraction of sp³-hybridized carbons (Fsp3) is 0.100. The number of hydrogen-bond donors (Lipinski definition) is 1. The molecule has 0 aliphatic carbocycles. The van der Waals surface area contributed by atoms with E-state index < -0.39 is 0 Å². The Morgan fingerprint density at radius 2 is 1.88 bits per heavy atom. The second-order valence-electron chi connectivity index (χ2n) is 5.70. The summed E-state index contributed by atoms with van der Waals surface area (Å²) >= 11 is 0. The van der Waals surface area contributed by atoms with Crippen LogP contribution in [-0.4, -0.2) is 10.9 Å². The topological polar surface area (TPSA) is 69.6 Å². The first kappa shape index (κ1) is 16.5. The lowest BCUT2D eigenvalue weighted by Crippen LogP contribution is -2.19. The molecule has 0 atom stereocenters. The summed E-state index contributed by atoms with van der Waals surface area (Å²) in [6.45, 7) is 2.31. The van der Waals surface area contributed by atoms with Gasteiger partial charge in [0.2, 0.25) is 0 Å². The van der Waals surface area contributed by atoms with E-state index in [0.29, 0.717) is 12.4 Å². The Kier molecular flexibility index (Phi) is 4.95. The standard InChI is InChI=1S/C20H19N3O2/c1-15-10-19(21)23(20(24)11-15)22-13-17-8-5-9-18(12-17)25-14-16-6-3-2-4-7-16/h2-13H,14,21H2,1H3/b22-13-. The van der Waals surface area contributed by atoms with Crippen LogP contribution in [0.1, 0.15) is 16.7 Å². The van der Waals surface area contributed by atoms with Crippen molar-refractivity contribution in [3.8, 4) is 5.75 Å². The van der Waals surface area contributed by atoms with Crippen molar-refractivity contribution in [1.82, 2.24) is 4.68 Å². The van der Waals surface area contributed by atoms with Gasteiger partial charge in [0.25, 0.3) is 5.56 Å². The average molecular weight is 333 g/mol. The van der Waals surface area contributed by atoms with Gasteiger partial charge in [-0.3, -0.25) is 4.79 Å². The van der Waals surface area contributed by atoms with Gasteiger partial charge in [0.1, 0.15) is 18.2 Å². The van der Waals surface area contributed by atoms with E-state index in [-0.39, 0.29) is 5.56 Å². The molecule has 5 heteroatoms. The molecule has 0 saturated heterocycles. The van der Waals surface area contributed by atoms with Crippen molar-refractivity contribution in [3.63, 3.8) is 0 Å². The molecule has 5 nitrogen and oxygen atoms in total. The van der Waals surface area contributed by atoms with Crippen molar-refractivity contribution in [2.75, 3.05) is 5.73 Å². The molecule has 0 fully saturated rings. The summed E-state index contributed by atoms with van der Waals surface area (Å²) < 4.78 is 6.96. The highest BCUT2D eigenvalue weighted by Crippen LogP contribution is 2.14. The molecular weight excluding hydrogens is 314 g/mol. The zero-order valence-electron chi connectivity index (χ0n) is 13.9. The van der Waals surface area contributed by atoms with Crippen LogP contribution in [0.15, 0.2) is 76.6 Å². The number of nitrogens with two attached hydrogens (primary N) is 1. The molecule has 126 valence electrons. The number of hydrogen-bond acceptors (Lipinski definition) is 4. The first-order valence-electron chi connectivity index (χ1n) is 7.92. The molecule has 1 heterocycles. The number of nitrogens with zero attached hydrogens (tertiary/aromatic N) is 2. The number of aromatic nitrogens is 1. The number of anilines is 1. The van der Waals surface area contributed by atoms with E-state index in [4.69, 9.17) is 10.5 Å². The highest BCUT2D eigenvalue weighted by Gasteiger charge is 2.01. The van der Waals surface area contributed by atoms with Crippen LogP contribution in [0.2, 0.25) is 0 Å². The maximum atomic E-state index is 12.0. The molecule has 0 saturated carbocycles. The van der Waals surface area contributed by atoms with Gasteiger partial charge in [0, 0.05) is 6.07 Å². The summed E-state index contributed by atoms with van der Waals surface area (Å²) in [5.74, 6) is 1.04. The summed E-state index contributed by atoms with van der Waals surface area (Å²) in [6, 6.07) is 20.7. The van der Waals surface area contributed by atoms with Crippen LogP contribution in [-0.2, 0) is 6.61 Å². The molecule has 0 amide bonds. The quantitative estimate of drug-likeness (QED) is 0.729. The molecular formula is C20H19N3O2. The molecule has 0 radical (unpaired) electrons. The monoisotopic (exact) mass is 333 g/mol. The normalized spacial score (nSPS) is 10.9. The van der Waals surface area contributed by atoms with Gasteiger partial charge in [-0.15, -0.1) is 0 Å². The van der Waals surface area contributed by atoms with Gasteiger partial charge < -0.3 is 10.5 Å². The molecule has 2 aromatic carbocycles. The first-order chi connectivity index (χ1) is 12.1. The van der Waals surface area contributed by atoms with Gasteiger partial charge in [-0.25, -0.2) is 0 Å². The third-order valence-electron chi connectivity index (χ3n) is 3.61. The Bertz CT molecular complexity index is 947. The smallest absolute Gasteiger partial charge is 0.273 e. The predicted octanol–water partition coefficient (Wildman–Crippen LogP) is 3.20. The molecule has 3 rings (SSSR count). The van der Waals surface area contributed by atoms with E-state index in [2.05, 4.69) is 5.10 Å². The van der Waals surface area contributed by atoms with E-state index in [9.17, 15) is 4.79 Å². The molecule has 0 aliphatic rings. The predicted molar refractivity (Wildman–Crippen MR) is 100 cm³/mol. The summed E-state index contributed by atoms with van der Waals surface area (Å²) in [5.41, 5.74) is 8.32. The lowest BCUT2D eigenvalue weighted by molar-refractivity contribution is 0.306. The van der Waals surface area contributed by atoms with E-state index in [1.54, 1.807) is 12.3 Å². The average Bonchev–Trinajstić information content (AvgIpc) is 2.60. The maximum absolute atomic E-state index is 12.0. The van der Waals surface area contributed by atoms with Crippen molar-refractivity contribution in [3.05, 3.63) is 93.8 Å². The van der Waals surface area contributed by atoms with Crippen molar-refractivity contribution in [1.29, 1.82) is 0 Å². The second-order valence-corrected chi connectivity index (χ2v) is 5.70. The third kappa shape index (κ3) is 4.35. The summed E-state index contributed by atoms with van der Waals surface area (Å²) in [5, 5.41) is 4.17. The number of ether oxygens (including phenoxy) is 1. The fourth-order valence-corrected chi connectivity index (χ4v) is 2.39. The van der Waals surface area contributed by atoms with Crippen molar-refractivity contribution >= 4 is 12.0 Å². The second kappa shape index (κ2) is 7.49. The maximum Gasteiger partial charge on any atom is 0.273 e. The van der Waals surface area contributed by atoms with E-state index in [0.717, 1.165) is 22.4 Å². The van der Waals surface area contributed by atoms with Crippen molar-refractivity contribution in [2.24, 2.45) is 5.10 Å². The van der Waals surface area contributed by atoms with Crippen LogP contribution in [0.3, 0.4) is 0 Å². The lowest BCUT2D eigenvalue weighted by atomic mass is 10.2. The Labute approximate surface area is 146 Å². The highest BCUT2D eigenvalue weighted by molar-refractivity contribution is 5.80. The van der Waals surface area contributed by atoms with E-state index in [1.165, 1.54) is 10.7 Å². The van der Waals surface area contributed by atoms with Gasteiger partial charge in [-0.1, -0.05) is 42.5 Å². The first-order valence-corrected chi connectivity index (χ1v) is 7.92. The highest BCUT2D eigenvalue weighted by atomic mass is 16.5. The third-order valence-corrected chi connectivity index (χ3v) is 3.61. The van der Waals surface area contributed by atoms with E-state index in [1.807, 2.05) is 61.5 Å². The summed E-state index contributed by atoms with van der Waals surface area (Å²) in [6.07, 6.45) is 1.59. The number of nitrogen functional groups attached to an aromatic ring is 1. The lowest BCUT2D eigenvalue weighted by Gasteiger charge is -2.07. The fourth-order valence-electron chi connectivity index (χ4n) is 2.39. The van der Waals surface area contributed by atoms with Gasteiger partial charge in [-0.05, 0) is 41.8 Å². The number of aryl methyl sites for hydroxylation is 1. The largest absolute Gasteiger partial charge is 0.489 e. The summed E-state index contributed by atoms with van der Waals surface area (Å²) in [7, 11) is 0. The number of pyridine rings is 1. The van der Waals surface area contributed by atoms with Crippen LogP contribution in [0, 0.1) is 6.92 Å². The van der Waals surface area contributed by atoms with Crippen LogP contribution in [0.4, 0.5) is 5.82 Å². The molecule has 0 bridgehead atoms. The van der Waals surface area contributed by atoms with Crippen LogP contribution >= 0.6 is 0 Å². The Balaban J connectivity index is 1.75. The van der Waals surface area contributed by atoms with Gasteiger partial charge in [0.15, 0.2) is 0 Å². The molecule has 2 N–H and O–H groups in total. The molecule has 0 unspecified atom stereocenters. The summed E-state index contributed by atoms with van der Waals surface area (Å²) in [4.78, 5) is 12.0. The number of benzene rings is 2. The molecule has 3 aromatic rings. The van der Waals surface area contributed by atoms with E-state index >= 15 is 0 Å². The number of rotatable bonds is 5. The van der Waals surface area contributed by atoms with Gasteiger partial charge in [0.05, 0.1) is 6.21 Å². The Morgan fingerprint density at radius 1 is 1.08 bits per heavy atom. The van der Waals surface area contributed by atoms with Gasteiger partial charge in [-0.2, -0.15) is 9.78 Å². The van der Waals surface area contributed by atoms with Crippen molar-refractivity contribution in [2.45, 2.75) is 13.5 Å². The molecule has 1 aromatic heterocycles. The van der Waals surface area contributed by atoms with Crippen LogP contribution in [0.25, 0.3) is 0 Å².